The predicted octanol–water partition coefficient (Wildman–Crippen LogP) is 1.69. The van der Waals surface area contributed by atoms with Crippen molar-refractivity contribution < 1.29 is 9.90 Å². The van der Waals surface area contributed by atoms with E-state index in [1.54, 1.807) is 4.90 Å². The summed E-state index contributed by atoms with van der Waals surface area (Å²) in [5, 5.41) is 12.3. The van der Waals surface area contributed by atoms with E-state index in [-0.39, 0.29) is 18.2 Å². The Kier molecular flexibility index (Phi) is 4.39. The van der Waals surface area contributed by atoms with Crippen LogP contribution in [-0.4, -0.2) is 35.2 Å². The lowest BCUT2D eigenvalue weighted by atomic mass is 10.1. The number of nitrogens with two attached hydrogens (primary N) is 1. The van der Waals surface area contributed by atoms with E-state index >= 15 is 0 Å². The molecule has 5 heteroatoms. The normalized spacial score (nSPS) is 18.2. The maximum absolute atomic E-state index is 12.0. The van der Waals surface area contributed by atoms with Gasteiger partial charge in [-0.15, -0.1) is 0 Å². The number of carbonyl (C=O) groups excluding carboxylic acids is 1. The fourth-order valence-electron chi connectivity index (χ4n) is 2.14. The van der Waals surface area contributed by atoms with E-state index in [1.807, 2.05) is 31.2 Å². The fourth-order valence-corrected chi connectivity index (χ4v) is 2.14. The number of hydrogen-bond acceptors (Lipinski definition) is 3. The predicted molar refractivity (Wildman–Crippen MR) is 74.9 cm³/mol. The van der Waals surface area contributed by atoms with Crippen molar-refractivity contribution in [2.45, 2.75) is 31.9 Å². The van der Waals surface area contributed by atoms with Gasteiger partial charge in [0.25, 0.3) is 0 Å². The fraction of sp³-hybridized carbons (Fsp3) is 0.500. The molecule has 0 aromatic heterocycles. The molecule has 1 aromatic rings. The second-order valence-electron chi connectivity index (χ2n) is 5.06. The molecule has 4 N–H and O–H groups in total. The summed E-state index contributed by atoms with van der Waals surface area (Å²) in [6, 6.07) is 7.43. The summed E-state index contributed by atoms with van der Waals surface area (Å²) in [5.41, 5.74) is 7.58. The van der Waals surface area contributed by atoms with Crippen LogP contribution in [0.4, 0.5) is 10.5 Å². The molecule has 0 aliphatic carbocycles. The van der Waals surface area contributed by atoms with Gasteiger partial charge in [-0.25, -0.2) is 4.79 Å². The maximum atomic E-state index is 12.0. The number of hydrogen-bond donors (Lipinski definition) is 3. The standard InChI is InChI=1S/C14H21N3O2/c1-10(15)11-2-4-12(5-3-11)16-14(19)17-8-6-13(18)7-9-17/h2-5,10,13,18H,6-9,15H2,1H3,(H,16,19). The summed E-state index contributed by atoms with van der Waals surface area (Å²) in [6.45, 7) is 3.13. The summed E-state index contributed by atoms with van der Waals surface area (Å²) < 4.78 is 0. The number of likely N-dealkylation sites (tertiary alicyclic amines) is 1. The average molecular weight is 263 g/mol. The van der Waals surface area contributed by atoms with E-state index in [2.05, 4.69) is 5.32 Å². The van der Waals surface area contributed by atoms with Gasteiger partial charge in [-0.1, -0.05) is 12.1 Å². The third-order valence-corrected chi connectivity index (χ3v) is 3.44. The number of nitrogens with one attached hydrogen (secondary N) is 1. The molecule has 1 aliphatic heterocycles. The van der Waals surface area contributed by atoms with Crippen LogP contribution in [0.3, 0.4) is 0 Å². The molecular weight excluding hydrogens is 242 g/mol. The molecule has 2 amide bonds. The number of aliphatic hydroxyl groups is 1. The van der Waals surface area contributed by atoms with Crippen molar-refractivity contribution in [1.29, 1.82) is 0 Å². The molecule has 2 rings (SSSR count). The van der Waals surface area contributed by atoms with Gasteiger partial charge in [0.15, 0.2) is 0 Å². The van der Waals surface area contributed by atoms with Crippen molar-refractivity contribution in [3.8, 4) is 0 Å². The van der Waals surface area contributed by atoms with Gasteiger partial charge >= 0.3 is 6.03 Å². The number of nitrogens with zero attached hydrogens (tertiary/aromatic N) is 1. The first-order valence-corrected chi connectivity index (χ1v) is 6.66. The Morgan fingerprint density at radius 1 is 1.37 bits per heavy atom. The van der Waals surface area contributed by atoms with E-state index in [0.717, 1.165) is 11.3 Å². The van der Waals surface area contributed by atoms with Crippen molar-refractivity contribution >= 4 is 11.7 Å². The summed E-state index contributed by atoms with van der Waals surface area (Å²) in [4.78, 5) is 13.7. The first kappa shape index (κ1) is 13.8. The van der Waals surface area contributed by atoms with Crippen LogP contribution >= 0.6 is 0 Å². The molecule has 19 heavy (non-hydrogen) atoms. The zero-order valence-corrected chi connectivity index (χ0v) is 11.2. The second-order valence-corrected chi connectivity index (χ2v) is 5.06. The highest BCUT2D eigenvalue weighted by Gasteiger charge is 2.21. The van der Waals surface area contributed by atoms with Crippen molar-refractivity contribution in [3.05, 3.63) is 29.8 Å². The lowest BCUT2D eigenvalue weighted by Crippen LogP contribution is -2.42. The Balaban J connectivity index is 1.91. The zero-order valence-electron chi connectivity index (χ0n) is 11.2. The van der Waals surface area contributed by atoms with Gasteiger partial charge in [-0.05, 0) is 37.5 Å². The molecule has 1 heterocycles. The molecule has 0 spiro atoms. The van der Waals surface area contributed by atoms with Gasteiger partial charge in [-0.2, -0.15) is 0 Å². The van der Waals surface area contributed by atoms with Crippen LogP contribution < -0.4 is 11.1 Å². The molecule has 104 valence electrons. The molecule has 1 fully saturated rings. The number of anilines is 1. The van der Waals surface area contributed by atoms with Gasteiger partial charge in [0.05, 0.1) is 6.10 Å². The molecule has 0 radical (unpaired) electrons. The minimum Gasteiger partial charge on any atom is -0.393 e. The van der Waals surface area contributed by atoms with Crippen LogP contribution in [0.25, 0.3) is 0 Å². The summed E-state index contributed by atoms with van der Waals surface area (Å²) in [7, 11) is 0. The summed E-state index contributed by atoms with van der Waals surface area (Å²) >= 11 is 0. The molecule has 5 nitrogen and oxygen atoms in total. The highest BCUT2D eigenvalue weighted by molar-refractivity contribution is 5.89. The number of amides is 2. The van der Waals surface area contributed by atoms with E-state index in [1.165, 1.54) is 0 Å². The number of carbonyl (C=O) groups is 1. The largest absolute Gasteiger partial charge is 0.393 e. The van der Waals surface area contributed by atoms with Crippen LogP contribution in [-0.2, 0) is 0 Å². The van der Waals surface area contributed by atoms with Gasteiger partial charge in [0, 0.05) is 24.8 Å². The number of piperidine rings is 1. The number of urea groups is 1. The van der Waals surface area contributed by atoms with Crippen molar-refractivity contribution in [2.75, 3.05) is 18.4 Å². The van der Waals surface area contributed by atoms with Crippen LogP contribution in [0, 0.1) is 0 Å². The third kappa shape index (κ3) is 3.68. The maximum Gasteiger partial charge on any atom is 0.321 e. The summed E-state index contributed by atoms with van der Waals surface area (Å²) in [6.07, 6.45) is 1.03. The second kappa shape index (κ2) is 6.04. The molecule has 1 unspecified atom stereocenters. The van der Waals surface area contributed by atoms with Gasteiger partial charge < -0.3 is 21.1 Å². The quantitative estimate of drug-likeness (QED) is 0.760. The van der Waals surface area contributed by atoms with Gasteiger partial charge in [-0.3, -0.25) is 0 Å². The Morgan fingerprint density at radius 3 is 2.47 bits per heavy atom. The molecule has 1 saturated heterocycles. The summed E-state index contributed by atoms with van der Waals surface area (Å²) in [5.74, 6) is 0. The third-order valence-electron chi connectivity index (χ3n) is 3.44. The molecule has 0 saturated carbocycles. The highest BCUT2D eigenvalue weighted by atomic mass is 16.3. The van der Waals surface area contributed by atoms with Crippen molar-refractivity contribution in [2.24, 2.45) is 5.73 Å². The first-order chi connectivity index (χ1) is 9.06. The molecule has 0 bridgehead atoms. The van der Waals surface area contributed by atoms with Gasteiger partial charge in [0.2, 0.25) is 0 Å². The SMILES string of the molecule is CC(N)c1ccc(NC(=O)N2CCC(O)CC2)cc1. The smallest absolute Gasteiger partial charge is 0.321 e. The van der Waals surface area contributed by atoms with Gasteiger partial charge in [0.1, 0.15) is 0 Å². The van der Waals surface area contributed by atoms with E-state index in [4.69, 9.17) is 5.73 Å². The van der Waals surface area contributed by atoms with Crippen molar-refractivity contribution in [1.82, 2.24) is 4.90 Å². The average Bonchev–Trinajstić information content (AvgIpc) is 2.40. The first-order valence-electron chi connectivity index (χ1n) is 6.66. The highest BCUT2D eigenvalue weighted by Crippen LogP contribution is 2.16. The van der Waals surface area contributed by atoms with Crippen LogP contribution in [0.2, 0.25) is 0 Å². The molecule has 1 atom stereocenters. The van der Waals surface area contributed by atoms with E-state index in [9.17, 15) is 9.90 Å². The monoisotopic (exact) mass is 263 g/mol. The minimum absolute atomic E-state index is 0.00617. The Bertz CT molecular complexity index is 423. The van der Waals surface area contributed by atoms with Crippen LogP contribution in [0.15, 0.2) is 24.3 Å². The van der Waals surface area contributed by atoms with Crippen LogP contribution in [0.1, 0.15) is 31.4 Å². The Morgan fingerprint density at radius 2 is 1.95 bits per heavy atom. The molecule has 1 aromatic carbocycles. The minimum atomic E-state index is -0.269. The van der Waals surface area contributed by atoms with Crippen LogP contribution in [0.5, 0.6) is 0 Å². The lowest BCUT2D eigenvalue weighted by Gasteiger charge is -2.29. The Labute approximate surface area is 113 Å². The molecular formula is C14H21N3O2. The van der Waals surface area contributed by atoms with Crippen molar-refractivity contribution in [3.63, 3.8) is 0 Å². The number of rotatable bonds is 2. The van der Waals surface area contributed by atoms with E-state index < -0.39 is 0 Å². The lowest BCUT2D eigenvalue weighted by molar-refractivity contribution is 0.0972. The zero-order chi connectivity index (χ0) is 13.8. The molecule has 1 aliphatic rings. The van der Waals surface area contributed by atoms with E-state index in [0.29, 0.717) is 25.9 Å². The topological polar surface area (TPSA) is 78.6 Å². The Hall–Kier alpha value is -1.59. The number of aliphatic hydroxyl groups excluding tert-OH is 1. The number of benzene rings is 1.